The highest BCUT2D eigenvalue weighted by Gasteiger charge is 2.10. The summed E-state index contributed by atoms with van der Waals surface area (Å²) in [6.45, 7) is 0. The Labute approximate surface area is 139 Å². The summed E-state index contributed by atoms with van der Waals surface area (Å²) in [4.78, 5) is 16.8. The molecule has 0 aliphatic rings. The van der Waals surface area contributed by atoms with E-state index in [1.54, 1.807) is 6.33 Å². The van der Waals surface area contributed by atoms with Crippen LogP contribution in [0.25, 0.3) is 16.7 Å². The highest BCUT2D eigenvalue weighted by Crippen LogP contribution is 2.20. The molecule has 0 aliphatic heterocycles. The monoisotopic (exact) mass is 313 g/mol. The lowest BCUT2D eigenvalue weighted by Gasteiger charge is -2.06. The molecule has 1 N–H and O–H groups in total. The molecule has 0 bridgehead atoms. The number of carbonyl (C=O) groups excluding carboxylic acids is 1. The number of nitrogens with zero attached hydrogens (tertiary/aromatic N) is 2. The lowest BCUT2D eigenvalue weighted by atomic mass is 10.1. The minimum atomic E-state index is -0.141. The maximum Gasteiger partial charge on any atom is 0.255 e. The summed E-state index contributed by atoms with van der Waals surface area (Å²) in [5, 5.41) is 2.89. The molecule has 4 aromatic rings. The number of hydrogen-bond acceptors (Lipinski definition) is 2. The fraction of sp³-hybridized carbons (Fsp3) is 0. The van der Waals surface area contributed by atoms with E-state index in [-0.39, 0.29) is 5.91 Å². The molecule has 0 aliphatic carbocycles. The number of para-hydroxylation sites is 2. The fourth-order valence-electron chi connectivity index (χ4n) is 2.67. The molecule has 4 nitrogen and oxygen atoms in total. The Balaban J connectivity index is 1.66. The van der Waals surface area contributed by atoms with E-state index in [0.29, 0.717) is 5.56 Å². The quantitative estimate of drug-likeness (QED) is 0.614. The SMILES string of the molecule is O=C(Nc1ccccc1)c1ccc2c(c1)ncn2-c1ccccc1. The van der Waals surface area contributed by atoms with Crippen molar-refractivity contribution in [2.45, 2.75) is 0 Å². The zero-order chi connectivity index (χ0) is 16.4. The van der Waals surface area contributed by atoms with E-state index in [0.717, 1.165) is 22.4 Å². The van der Waals surface area contributed by atoms with E-state index in [9.17, 15) is 4.79 Å². The average molecular weight is 313 g/mol. The smallest absolute Gasteiger partial charge is 0.255 e. The van der Waals surface area contributed by atoms with E-state index < -0.39 is 0 Å². The van der Waals surface area contributed by atoms with Crippen molar-refractivity contribution >= 4 is 22.6 Å². The van der Waals surface area contributed by atoms with Gasteiger partial charge in [0.2, 0.25) is 0 Å². The van der Waals surface area contributed by atoms with Crippen LogP contribution in [-0.2, 0) is 0 Å². The zero-order valence-corrected chi connectivity index (χ0v) is 12.9. The Kier molecular flexibility index (Phi) is 3.56. The number of imidazole rings is 1. The van der Waals surface area contributed by atoms with Gasteiger partial charge in [-0.15, -0.1) is 0 Å². The molecule has 116 valence electrons. The third kappa shape index (κ3) is 2.65. The molecular formula is C20H15N3O. The first kappa shape index (κ1) is 14.2. The number of nitrogens with one attached hydrogen (secondary N) is 1. The molecule has 4 rings (SSSR count). The zero-order valence-electron chi connectivity index (χ0n) is 12.9. The molecule has 1 aromatic heterocycles. The molecule has 4 heteroatoms. The van der Waals surface area contributed by atoms with Gasteiger partial charge < -0.3 is 5.32 Å². The number of carbonyl (C=O) groups is 1. The predicted octanol–water partition coefficient (Wildman–Crippen LogP) is 4.28. The van der Waals surface area contributed by atoms with E-state index in [4.69, 9.17) is 0 Å². The van der Waals surface area contributed by atoms with Crippen LogP contribution < -0.4 is 5.32 Å². The Morgan fingerprint density at radius 3 is 2.33 bits per heavy atom. The van der Waals surface area contributed by atoms with Crippen LogP contribution in [0.1, 0.15) is 10.4 Å². The first-order valence-electron chi connectivity index (χ1n) is 7.70. The van der Waals surface area contributed by atoms with Gasteiger partial charge in [-0.25, -0.2) is 4.98 Å². The molecular weight excluding hydrogens is 298 g/mol. The normalized spacial score (nSPS) is 10.7. The second kappa shape index (κ2) is 6.01. The number of aromatic nitrogens is 2. The van der Waals surface area contributed by atoms with Crippen LogP contribution in [0, 0.1) is 0 Å². The topological polar surface area (TPSA) is 46.9 Å². The van der Waals surface area contributed by atoms with Crippen LogP contribution in [0.2, 0.25) is 0 Å². The van der Waals surface area contributed by atoms with Crippen molar-refractivity contribution in [2.24, 2.45) is 0 Å². The first-order chi connectivity index (χ1) is 11.8. The molecule has 0 saturated heterocycles. The molecule has 1 amide bonds. The van der Waals surface area contributed by atoms with Gasteiger partial charge in [-0.3, -0.25) is 9.36 Å². The fourth-order valence-corrected chi connectivity index (χ4v) is 2.67. The van der Waals surface area contributed by atoms with Crippen molar-refractivity contribution in [3.05, 3.63) is 90.8 Å². The third-order valence-electron chi connectivity index (χ3n) is 3.88. The van der Waals surface area contributed by atoms with Crippen LogP contribution in [0.3, 0.4) is 0 Å². The lowest BCUT2D eigenvalue weighted by Crippen LogP contribution is -2.11. The van der Waals surface area contributed by atoms with Crippen LogP contribution in [-0.4, -0.2) is 15.5 Å². The summed E-state index contributed by atoms with van der Waals surface area (Å²) in [5.74, 6) is -0.141. The maximum absolute atomic E-state index is 12.4. The van der Waals surface area contributed by atoms with E-state index in [1.165, 1.54) is 0 Å². The van der Waals surface area contributed by atoms with E-state index >= 15 is 0 Å². The van der Waals surface area contributed by atoms with Crippen molar-refractivity contribution < 1.29 is 4.79 Å². The van der Waals surface area contributed by atoms with Crippen LogP contribution in [0.15, 0.2) is 85.2 Å². The summed E-state index contributed by atoms with van der Waals surface area (Å²) in [6.07, 6.45) is 1.78. The van der Waals surface area contributed by atoms with Crippen LogP contribution in [0.4, 0.5) is 5.69 Å². The van der Waals surface area contributed by atoms with Crippen molar-refractivity contribution in [3.63, 3.8) is 0 Å². The van der Waals surface area contributed by atoms with Gasteiger partial charge in [0.15, 0.2) is 0 Å². The summed E-state index contributed by atoms with van der Waals surface area (Å²) in [5.41, 5.74) is 4.17. The highest BCUT2D eigenvalue weighted by molar-refractivity contribution is 6.06. The van der Waals surface area contributed by atoms with Gasteiger partial charge in [-0.2, -0.15) is 0 Å². The summed E-state index contributed by atoms with van der Waals surface area (Å²) >= 11 is 0. The summed E-state index contributed by atoms with van der Waals surface area (Å²) < 4.78 is 2.01. The average Bonchev–Trinajstić information content (AvgIpc) is 3.06. The molecule has 3 aromatic carbocycles. The summed E-state index contributed by atoms with van der Waals surface area (Å²) in [6, 6.07) is 25.0. The van der Waals surface area contributed by atoms with Gasteiger partial charge >= 0.3 is 0 Å². The van der Waals surface area contributed by atoms with E-state index in [2.05, 4.69) is 10.3 Å². The number of benzene rings is 3. The standard InChI is InChI=1S/C20H15N3O/c24-20(22-16-7-3-1-4-8-16)15-11-12-19-18(13-15)21-14-23(19)17-9-5-2-6-10-17/h1-14H,(H,22,24). The third-order valence-corrected chi connectivity index (χ3v) is 3.88. The molecule has 0 fully saturated rings. The number of hydrogen-bond donors (Lipinski definition) is 1. The lowest BCUT2D eigenvalue weighted by molar-refractivity contribution is 0.102. The number of fused-ring (bicyclic) bond motifs is 1. The minimum Gasteiger partial charge on any atom is -0.322 e. The Morgan fingerprint density at radius 1 is 0.875 bits per heavy atom. The molecule has 1 heterocycles. The van der Waals surface area contributed by atoms with Gasteiger partial charge in [0, 0.05) is 16.9 Å². The van der Waals surface area contributed by atoms with Crippen LogP contribution >= 0.6 is 0 Å². The van der Waals surface area contributed by atoms with Crippen molar-refractivity contribution in [1.29, 1.82) is 0 Å². The van der Waals surface area contributed by atoms with Gasteiger partial charge in [0.1, 0.15) is 6.33 Å². The highest BCUT2D eigenvalue weighted by atomic mass is 16.1. The second-order valence-corrected chi connectivity index (χ2v) is 5.47. The van der Waals surface area contributed by atoms with Gasteiger partial charge in [0.25, 0.3) is 5.91 Å². The number of amides is 1. The molecule has 0 radical (unpaired) electrons. The van der Waals surface area contributed by atoms with Crippen molar-refractivity contribution in [2.75, 3.05) is 5.32 Å². The molecule has 0 saturated carbocycles. The van der Waals surface area contributed by atoms with Crippen molar-refractivity contribution in [3.8, 4) is 5.69 Å². The van der Waals surface area contributed by atoms with Crippen LogP contribution in [0.5, 0.6) is 0 Å². The number of rotatable bonds is 3. The van der Waals surface area contributed by atoms with Gasteiger partial charge in [0.05, 0.1) is 11.0 Å². The van der Waals surface area contributed by atoms with E-state index in [1.807, 2.05) is 83.4 Å². The summed E-state index contributed by atoms with van der Waals surface area (Å²) in [7, 11) is 0. The molecule has 0 spiro atoms. The van der Waals surface area contributed by atoms with Gasteiger partial charge in [-0.05, 0) is 42.5 Å². The maximum atomic E-state index is 12.4. The van der Waals surface area contributed by atoms with Crippen molar-refractivity contribution in [1.82, 2.24) is 9.55 Å². The van der Waals surface area contributed by atoms with Gasteiger partial charge in [-0.1, -0.05) is 36.4 Å². The minimum absolute atomic E-state index is 0.141. The Bertz CT molecular complexity index is 991. The molecule has 24 heavy (non-hydrogen) atoms. The molecule has 0 unspecified atom stereocenters. The molecule has 0 atom stereocenters. The predicted molar refractivity (Wildman–Crippen MR) is 95.5 cm³/mol. The Morgan fingerprint density at radius 2 is 1.58 bits per heavy atom. The second-order valence-electron chi connectivity index (χ2n) is 5.47. The largest absolute Gasteiger partial charge is 0.322 e. The Hall–Kier alpha value is -3.40. The first-order valence-corrected chi connectivity index (χ1v) is 7.70. The number of anilines is 1.